The molecule has 0 bridgehead atoms. The molecule has 1 spiro atoms. The molecule has 0 radical (unpaired) electrons. The first-order chi connectivity index (χ1) is 30.5. The smallest absolute Gasteiger partial charge is 0.264 e. The summed E-state index contributed by atoms with van der Waals surface area (Å²) in [6.45, 7) is 7.24. The van der Waals surface area contributed by atoms with Crippen molar-refractivity contribution in [1.82, 2.24) is 4.90 Å². The van der Waals surface area contributed by atoms with Crippen LogP contribution in [0.3, 0.4) is 0 Å². The number of aliphatic hydroxyl groups excluding tert-OH is 1. The van der Waals surface area contributed by atoms with Crippen LogP contribution >= 0.6 is 0 Å². The summed E-state index contributed by atoms with van der Waals surface area (Å²) in [7, 11) is 0.699. The van der Waals surface area contributed by atoms with Crippen LogP contribution in [-0.4, -0.2) is 68.8 Å². The Bertz CT molecular complexity index is 2790. The number of ether oxygens (including phenoxy) is 3. The van der Waals surface area contributed by atoms with Crippen LogP contribution in [0.25, 0.3) is 10.8 Å². The van der Waals surface area contributed by atoms with Crippen molar-refractivity contribution in [2.45, 2.75) is 69.2 Å². The number of carbonyl (C=O) groups is 3. The molecule has 4 aliphatic heterocycles. The van der Waals surface area contributed by atoms with Crippen molar-refractivity contribution < 1.29 is 33.7 Å². The Balaban J connectivity index is 1.01. The van der Waals surface area contributed by atoms with Gasteiger partial charge >= 0.3 is 0 Å². The molecule has 1 saturated heterocycles. The fourth-order valence-electron chi connectivity index (χ4n) is 11.2. The lowest BCUT2D eigenvalue weighted by Crippen LogP contribution is -2.52. The summed E-state index contributed by atoms with van der Waals surface area (Å²) in [6, 6.07) is 41.3. The van der Waals surface area contributed by atoms with Gasteiger partial charge in [-0.1, -0.05) is 98.0 Å². The zero-order chi connectivity index (χ0) is 43.8. The van der Waals surface area contributed by atoms with Gasteiger partial charge in [-0.3, -0.25) is 19.3 Å². The molecule has 63 heavy (non-hydrogen) atoms. The van der Waals surface area contributed by atoms with Gasteiger partial charge in [0.25, 0.3) is 11.8 Å². The summed E-state index contributed by atoms with van der Waals surface area (Å²) < 4.78 is 18.7. The van der Waals surface area contributed by atoms with Crippen LogP contribution in [0.1, 0.15) is 46.0 Å². The van der Waals surface area contributed by atoms with E-state index in [4.69, 9.17) is 14.2 Å². The second-order valence-electron chi connectivity index (χ2n) is 18.0. The minimum absolute atomic E-state index is 0.0584. The van der Waals surface area contributed by atoms with E-state index in [0.29, 0.717) is 24.3 Å². The molecule has 3 amide bonds. The van der Waals surface area contributed by atoms with E-state index in [1.165, 1.54) is 5.19 Å². The Morgan fingerprint density at radius 2 is 1.52 bits per heavy atom. The van der Waals surface area contributed by atoms with Crippen LogP contribution in [0.2, 0.25) is 18.6 Å². The number of methoxy groups -OCH3 is 2. The summed E-state index contributed by atoms with van der Waals surface area (Å²) in [5.74, 6) is 0.668. The number of hydrogen-bond donors (Lipinski definition) is 1. The highest BCUT2D eigenvalue weighted by atomic mass is 28.3. The maximum absolute atomic E-state index is 15.6. The predicted octanol–water partition coefficient (Wildman–Crippen LogP) is 8.25. The second-order valence-corrected chi connectivity index (χ2v) is 22.6. The lowest BCUT2D eigenvalue weighted by molar-refractivity contribution is -0.151. The van der Waals surface area contributed by atoms with Crippen molar-refractivity contribution in [3.8, 4) is 11.5 Å². The van der Waals surface area contributed by atoms with Crippen LogP contribution < -0.4 is 24.5 Å². The highest BCUT2D eigenvalue weighted by Gasteiger charge is 2.66. The maximum Gasteiger partial charge on any atom is 0.264 e. The van der Waals surface area contributed by atoms with Gasteiger partial charge in [-0.2, -0.15) is 0 Å². The van der Waals surface area contributed by atoms with Gasteiger partial charge in [0.1, 0.15) is 11.5 Å². The molecule has 4 aliphatic rings. The van der Waals surface area contributed by atoms with Gasteiger partial charge in [0, 0.05) is 29.1 Å². The molecule has 5 atom stereocenters. The van der Waals surface area contributed by atoms with E-state index < -0.39 is 19.8 Å². The van der Waals surface area contributed by atoms with Crippen LogP contribution in [-0.2, 0) is 39.4 Å². The highest BCUT2D eigenvalue weighted by molar-refractivity contribution is 6.91. The summed E-state index contributed by atoms with van der Waals surface area (Å²) in [6.07, 6.45) is 0.0177. The van der Waals surface area contributed by atoms with Gasteiger partial charge in [-0.25, -0.2) is 0 Å². The largest absolute Gasteiger partial charge is 0.497 e. The molecule has 6 aromatic rings. The van der Waals surface area contributed by atoms with E-state index in [9.17, 15) is 14.7 Å². The van der Waals surface area contributed by atoms with Gasteiger partial charge in [0.05, 0.1) is 70.9 Å². The first-order valence-corrected chi connectivity index (χ1v) is 24.8. The molecular weight excluding hydrogens is 807 g/mol. The van der Waals surface area contributed by atoms with Gasteiger partial charge in [-0.05, 0) is 88.6 Å². The molecule has 10 nitrogen and oxygen atoms in total. The van der Waals surface area contributed by atoms with Crippen molar-refractivity contribution in [2.75, 3.05) is 30.6 Å². The number of rotatable bonds is 10. The molecule has 1 N–H and O–H groups in total. The molecule has 0 unspecified atom stereocenters. The molecule has 11 heteroatoms. The Morgan fingerprint density at radius 1 is 0.825 bits per heavy atom. The summed E-state index contributed by atoms with van der Waals surface area (Å²) in [4.78, 5) is 49.4. The third-order valence-electron chi connectivity index (χ3n) is 14.4. The molecule has 10 rings (SSSR count). The van der Waals surface area contributed by atoms with Crippen LogP contribution in [0, 0.1) is 5.92 Å². The monoisotopic (exact) mass is 857 g/mol. The maximum atomic E-state index is 15.6. The predicted molar refractivity (Wildman–Crippen MR) is 247 cm³/mol. The van der Waals surface area contributed by atoms with Crippen molar-refractivity contribution in [3.05, 3.63) is 155 Å². The minimum atomic E-state index is -2.57. The van der Waals surface area contributed by atoms with Gasteiger partial charge in [0.2, 0.25) is 5.91 Å². The van der Waals surface area contributed by atoms with Gasteiger partial charge in [0.15, 0.2) is 5.60 Å². The van der Waals surface area contributed by atoms with E-state index in [1.54, 1.807) is 24.0 Å². The second kappa shape index (κ2) is 15.5. The number of hydrogen-bond acceptors (Lipinski definition) is 7. The van der Waals surface area contributed by atoms with Crippen molar-refractivity contribution >= 4 is 58.8 Å². The normalized spacial score (nSPS) is 22.5. The quantitative estimate of drug-likeness (QED) is 0.138. The van der Waals surface area contributed by atoms with Crippen LogP contribution in [0.15, 0.2) is 127 Å². The first-order valence-electron chi connectivity index (χ1n) is 21.7. The van der Waals surface area contributed by atoms with Crippen LogP contribution in [0.4, 0.5) is 17.1 Å². The number of carbonyl (C=O) groups excluding carboxylic acids is 3. The van der Waals surface area contributed by atoms with Crippen molar-refractivity contribution in [3.63, 3.8) is 0 Å². The molecule has 0 saturated carbocycles. The number of aliphatic hydroxyl groups is 1. The van der Waals surface area contributed by atoms with E-state index in [-0.39, 0.29) is 54.8 Å². The molecule has 0 aliphatic carbocycles. The van der Waals surface area contributed by atoms with Crippen LogP contribution in [0.5, 0.6) is 11.5 Å². The van der Waals surface area contributed by atoms with E-state index >= 15 is 4.79 Å². The third-order valence-corrected chi connectivity index (χ3v) is 18.8. The van der Waals surface area contributed by atoms with Gasteiger partial charge in [-0.15, -0.1) is 0 Å². The number of nitrogens with zero attached hydrogens (tertiary/aromatic N) is 3. The fourth-order valence-corrected chi connectivity index (χ4v) is 15.2. The lowest BCUT2D eigenvalue weighted by atomic mass is 9.82. The number of amides is 3. The Morgan fingerprint density at radius 3 is 2.24 bits per heavy atom. The molecule has 0 aromatic heterocycles. The molecular formula is C52H51N3O7Si. The summed E-state index contributed by atoms with van der Waals surface area (Å²) in [5.41, 5.74) is 5.26. The zero-order valence-electron chi connectivity index (χ0n) is 36.2. The lowest BCUT2D eigenvalue weighted by Gasteiger charge is -2.39. The average molecular weight is 858 g/mol. The zero-order valence-corrected chi connectivity index (χ0v) is 37.2. The van der Waals surface area contributed by atoms with Crippen molar-refractivity contribution in [2.24, 2.45) is 5.92 Å². The SMILES string of the molecule is COc1ccc([Si](C)(C)[C@H]2[C@H](CC(=O)N3Cc4ccccc4C[C@H]3CO)O[C@@]3(C(=O)N(Cc4ccc(N5C(=O)c6cccc7cccc5c67)cc4)c4ccc(OC)cc43)[C@@H]2C)cc1. The number of fused-ring (bicyclic) bond motifs is 3. The van der Waals surface area contributed by atoms with E-state index in [0.717, 1.165) is 55.8 Å². The average Bonchev–Trinajstić information content (AvgIpc) is 3.86. The molecule has 1 fully saturated rings. The fraction of sp³-hybridized carbons (Fsp3) is 0.288. The summed E-state index contributed by atoms with van der Waals surface area (Å²) in [5, 5.41) is 13.7. The van der Waals surface area contributed by atoms with Gasteiger partial charge < -0.3 is 29.1 Å². The Labute approximate surface area is 368 Å². The highest BCUT2D eigenvalue weighted by Crippen LogP contribution is 2.61. The number of anilines is 3. The molecule has 320 valence electrons. The number of benzene rings is 6. The molecule has 6 aromatic carbocycles. The standard InChI is InChI=1S/C52H51N3O7Si/c1-32-49(63(4,5)41-23-20-39(60-2)21-24-41)46(28-47(57)53-30-36-11-7-6-10-35(36)26-38(53)31-56)62-52(32)43-27-40(61-3)22-25-44(43)54(51(52)59)29-33-16-18-37(19-17-33)55-45-15-9-13-34-12-8-14-42(48(34)45)50(55)58/h6-25,27,32,38,46,49,56H,26,28-31H2,1-5H3/t32-,38+,46+,49-,52+/m1/s1. The third kappa shape index (κ3) is 6.38. The Hall–Kier alpha value is -6.27. The van der Waals surface area contributed by atoms with E-state index in [1.807, 2.05) is 114 Å². The van der Waals surface area contributed by atoms with E-state index in [2.05, 4.69) is 38.2 Å². The first kappa shape index (κ1) is 40.8. The van der Waals surface area contributed by atoms with Crippen molar-refractivity contribution in [1.29, 1.82) is 0 Å². The molecule has 4 heterocycles. The Kier molecular flexibility index (Phi) is 10.0. The minimum Gasteiger partial charge on any atom is -0.497 e. The summed E-state index contributed by atoms with van der Waals surface area (Å²) >= 11 is 0. The topological polar surface area (TPSA) is 109 Å².